The number of hydrogen-bond donors (Lipinski definition) is 2. The van der Waals surface area contributed by atoms with E-state index in [1.807, 2.05) is 0 Å². The number of amides is 1. The number of fused-ring (bicyclic) bond motifs is 1. The van der Waals surface area contributed by atoms with Crippen LogP contribution in [0, 0.1) is 11.2 Å². The van der Waals surface area contributed by atoms with Gasteiger partial charge in [-0.25, -0.2) is 14.0 Å². The SMILES string of the molecule is CCOc1cc2c(c(F)c1OCC)C(=N)N(CC(=O)c1cc(CN3C(=O)CCC3C(=O)OC(=O)C(F)(F)F)c(O)c(C(C)(C)C)c1)C2. The number of carbonyl (C=O) groups is 4. The summed E-state index contributed by atoms with van der Waals surface area (Å²) in [6.45, 7) is 8.24. The minimum absolute atomic E-state index is 0.0170. The number of amidine groups is 1. The van der Waals surface area contributed by atoms with Crippen LogP contribution in [-0.4, -0.2) is 76.3 Å². The Morgan fingerprint density at radius 3 is 2.32 bits per heavy atom. The molecule has 11 nitrogen and oxygen atoms in total. The van der Waals surface area contributed by atoms with Gasteiger partial charge in [0.15, 0.2) is 23.1 Å². The van der Waals surface area contributed by atoms with Crippen LogP contribution in [0.2, 0.25) is 0 Å². The van der Waals surface area contributed by atoms with Crippen LogP contribution in [0.4, 0.5) is 17.6 Å². The first-order valence-electron chi connectivity index (χ1n) is 14.9. The Morgan fingerprint density at radius 2 is 1.72 bits per heavy atom. The lowest BCUT2D eigenvalue weighted by molar-refractivity contribution is -0.203. The van der Waals surface area contributed by atoms with Gasteiger partial charge in [-0.15, -0.1) is 0 Å². The van der Waals surface area contributed by atoms with Gasteiger partial charge < -0.3 is 29.1 Å². The number of alkyl halides is 3. The van der Waals surface area contributed by atoms with E-state index in [1.54, 1.807) is 40.7 Å². The van der Waals surface area contributed by atoms with E-state index in [0.717, 1.165) is 4.90 Å². The fraction of sp³-hybridized carbons (Fsp3) is 0.469. The van der Waals surface area contributed by atoms with Crippen LogP contribution in [0.25, 0.3) is 0 Å². The molecule has 2 heterocycles. The molecule has 1 saturated heterocycles. The van der Waals surface area contributed by atoms with Gasteiger partial charge in [0.1, 0.15) is 17.6 Å². The van der Waals surface area contributed by atoms with E-state index in [9.17, 15) is 37.5 Å². The molecule has 1 atom stereocenters. The minimum Gasteiger partial charge on any atom is -0.507 e. The highest BCUT2D eigenvalue weighted by Crippen LogP contribution is 2.40. The first kappa shape index (κ1) is 35.2. The van der Waals surface area contributed by atoms with Crippen molar-refractivity contribution < 1.29 is 56.1 Å². The molecule has 0 bridgehead atoms. The van der Waals surface area contributed by atoms with Crippen LogP contribution in [0.3, 0.4) is 0 Å². The summed E-state index contributed by atoms with van der Waals surface area (Å²) in [6, 6.07) is 2.77. The van der Waals surface area contributed by atoms with Crippen LogP contribution in [0.5, 0.6) is 17.2 Å². The highest BCUT2D eigenvalue weighted by Gasteiger charge is 2.46. The normalized spacial score (nSPS) is 16.4. The third-order valence-corrected chi connectivity index (χ3v) is 7.79. The number of halogens is 4. The predicted molar refractivity (Wildman–Crippen MR) is 158 cm³/mol. The standard InChI is InChI=1S/C32H35F4N3O8/c1-6-45-22-12-17-13-38(28(37)24(17)25(33)27(22)46-7-2)15-21(40)16-10-18(26(42)19(11-16)31(3,4)5)14-39-20(8-9-23(39)41)29(43)47-30(44)32(34,35)36/h10-12,20,37,42H,6-9,13-15H2,1-5H3. The largest absolute Gasteiger partial charge is 0.507 e. The van der Waals surface area contributed by atoms with Crippen molar-refractivity contribution in [2.24, 2.45) is 0 Å². The van der Waals surface area contributed by atoms with Crippen LogP contribution in [-0.2, 0) is 37.6 Å². The van der Waals surface area contributed by atoms with Crippen molar-refractivity contribution in [3.8, 4) is 17.2 Å². The van der Waals surface area contributed by atoms with Crippen molar-refractivity contribution >= 4 is 29.5 Å². The Balaban J connectivity index is 1.63. The molecule has 2 N–H and O–H groups in total. The maximum absolute atomic E-state index is 15.5. The number of likely N-dealkylation sites (tertiary alicyclic amines) is 1. The summed E-state index contributed by atoms with van der Waals surface area (Å²) in [5.41, 5.74) is 0.0287. The number of carbonyl (C=O) groups excluding carboxylic acids is 4. The van der Waals surface area contributed by atoms with Gasteiger partial charge in [-0.3, -0.25) is 15.0 Å². The number of ether oxygens (including phenoxy) is 3. The molecule has 0 radical (unpaired) electrons. The number of nitrogens with one attached hydrogen (secondary N) is 1. The van der Waals surface area contributed by atoms with Crippen molar-refractivity contribution in [3.63, 3.8) is 0 Å². The molecule has 2 aliphatic heterocycles. The van der Waals surface area contributed by atoms with E-state index in [2.05, 4.69) is 4.74 Å². The number of hydrogen-bond acceptors (Lipinski definition) is 9. The Morgan fingerprint density at radius 1 is 1.06 bits per heavy atom. The number of Topliss-reactive ketones (excluding diaryl/α,β-unsaturated/α-hetero) is 1. The zero-order valence-corrected chi connectivity index (χ0v) is 26.5. The number of phenols is 1. The number of benzene rings is 2. The van der Waals surface area contributed by atoms with Crippen molar-refractivity contribution in [2.45, 2.75) is 78.2 Å². The number of rotatable bonds is 10. The lowest BCUT2D eigenvalue weighted by Gasteiger charge is -2.27. The summed E-state index contributed by atoms with van der Waals surface area (Å²) in [6.07, 6.45) is -5.87. The monoisotopic (exact) mass is 665 g/mol. The number of aromatic hydroxyl groups is 1. The van der Waals surface area contributed by atoms with Gasteiger partial charge in [-0.05, 0) is 49.4 Å². The van der Waals surface area contributed by atoms with Gasteiger partial charge in [0.25, 0.3) is 0 Å². The molecule has 47 heavy (non-hydrogen) atoms. The molecule has 0 aromatic heterocycles. The Hall–Kier alpha value is -4.69. The molecular weight excluding hydrogens is 630 g/mol. The first-order valence-corrected chi connectivity index (χ1v) is 14.9. The fourth-order valence-corrected chi connectivity index (χ4v) is 5.55. The minimum atomic E-state index is -5.42. The molecule has 0 spiro atoms. The van der Waals surface area contributed by atoms with E-state index in [1.165, 1.54) is 17.0 Å². The molecule has 0 saturated carbocycles. The van der Waals surface area contributed by atoms with Crippen LogP contribution in [0.1, 0.15) is 80.1 Å². The summed E-state index contributed by atoms with van der Waals surface area (Å²) in [4.78, 5) is 52.4. The molecule has 254 valence electrons. The fourth-order valence-electron chi connectivity index (χ4n) is 5.55. The maximum atomic E-state index is 15.5. The smallest absolute Gasteiger partial charge is 0.491 e. The highest BCUT2D eigenvalue weighted by molar-refractivity contribution is 6.06. The Kier molecular flexibility index (Phi) is 9.88. The molecule has 2 aromatic rings. The maximum Gasteiger partial charge on any atom is 0.491 e. The predicted octanol–water partition coefficient (Wildman–Crippen LogP) is 4.77. The van der Waals surface area contributed by atoms with Crippen molar-refractivity contribution in [1.82, 2.24) is 9.80 Å². The molecule has 1 fully saturated rings. The van der Waals surface area contributed by atoms with Gasteiger partial charge >= 0.3 is 18.1 Å². The van der Waals surface area contributed by atoms with Gasteiger partial charge in [-0.1, -0.05) is 20.8 Å². The Bertz CT molecular complexity index is 1630. The quantitative estimate of drug-likeness (QED) is 0.159. The molecule has 4 rings (SSSR count). The average molecular weight is 666 g/mol. The van der Waals surface area contributed by atoms with Gasteiger partial charge in [-0.2, -0.15) is 13.2 Å². The molecule has 2 aliphatic rings. The summed E-state index contributed by atoms with van der Waals surface area (Å²) >= 11 is 0. The summed E-state index contributed by atoms with van der Waals surface area (Å²) in [5.74, 6) is -6.74. The molecule has 15 heteroatoms. The van der Waals surface area contributed by atoms with E-state index in [-0.39, 0.29) is 78.9 Å². The molecule has 1 amide bonds. The molecule has 1 unspecified atom stereocenters. The third-order valence-electron chi connectivity index (χ3n) is 7.79. The molecule has 0 aliphatic carbocycles. The van der Waals surface area contributed by atoms with Crippen molar-refractivity contribution in [1.29, 1.82) is 5.41 Å². The summed E-state index contributed by atoms with van der Waals surface area (Å²) in [7, 11) is 0. The van der Waals surface area contributed by atoms with Crippen molar-refractivity contribution in [3.05, 3.63) is 51.8 Å². The van der Waals surface area contributed by atoms with Crippen LogP contribution in [0.15, 0.2) is 18.2 Å². The topological polar surface area (TPSA) is 147 Å². The number of esters is 2. The molecular formula is C32H35F4N3O8. The highest BCUT2D eigenvalue weighted by atomic mass is 19.4. The van der Waals surface area contributed by atoms with Gasteiger partial charge in [0.2, 0.25) is 5.91 Å². The van der Waals surface area contributed by atoms with E-state index < -0.39 is 53.6 Å². The van der Waals surface area contributed by atoms with E-state index in [0.29, 0.717) is 11.1 Å². The first-order chi connectivity index (χ1) is 21.9. The van der Waals surface area contributed by atoms with Crippen molar-refractivity contribution in [2.75, 3.05) is 19.8 Å². The lowest BCUT2D eigenvalue weighted by Crippen LogP contribution is -2.41. The zero-order valence-electron chi connectivity index (χ0n) is 26.5. The van der Waals surface area contributed by atoms with E-state index >= 15 is 4.39 Å². The van der Waals surface area contributed by atoms with Gasteiger partial charge in [0, 0.05) is 29.7 Å². The zero-order chi connectivity index (χ0) is 35.0. The second-order valence-electron chi connectivity index (χ2n) is 12.1. The number of nitrogens with zero attached hydrogens (tertiary/aromatic N) is 2. The average Bonchev–Trinajstić information content (AvgIpc) is 3.49. The Labute approximate surface area is 267 Å². The van der Waals surface area contributed by atoms with E-state index in [4.69, 9.17) is 14.9 Å². The number of ketones is 1. The molecule has 2 aromatic carbocycles. The van der Waals surface area contributed by atoms with Gasteiger partial charge in [0.05, 0.1) is 31.9 Å². The van der Waals surface area contributed by atoms with Crippen LogP contribution >= 0.6 is 0 Å². The summed E-state index contributed by atoms with van der Waals surface area (Å²) in [5, 5.41) is 19.8. The lowest BCUT2D eigenvalue weighted by atomic mass is 9.83. The number of phenolic OH excluding ortho intramolecular Hbond substituents is 1. The second kappa shape index (κ2) is 13.2. The summed E-state index contributed by atoms with van der Waals surface area (Å²) < 4.78 is 68.5. The second-order valence-corrected chi connectivity index (χ2v) is 12.1. The van der Waals surface area contributed by atoms with Crippen LogP contribution < -0.4 is 9.47 Å². The third kappa shape index (κ3) is 7.18.